The number of nitrogens with zero attached hydrogens (tertiary/aromatic N) is 1. The van der Waals surface area contributed by atoms with Gasteiger partial charge in [-0.1, -0.05) is 0 Å². The van der Waals surface area contributed by atoms with E-state index in [1.807, 2.05) is 6.92 Å². The summed E-state index contributed by atoms with van der Waals surface area (Å²) in [5, 5.41) is 4.90. The van der Waals surface area contributed by atoms with Crippen LogP contribution in [-0.2, 0) is 10.0 Å². The zero-order valence-corrected chi connectivity index (χ0v) is 7.72. The summed E-state index contributed by atoms with van der Waals surface area (Å²) in [5.74, 6) is 0. The number of primary sulfonamides is 1. The van der Waals surface area contributed by atoms with E-state index in [9.17, 15) is 8.42 Å². The van der Waals surface area contributed by atoms with Crippen LogP contribution in [0.1, 0.15) is 11.1 Å². The van der Waals surface area contributed by atoms with Gasteiger partial charge in [0.05, 0.1) is 0 Å². The first-order valence-electron chi connectivity index (χ1n) is 3.38. The zero-order valence-electron chi connectivity index (χ0n) is 6.90. The quantitative estimate of drug-likeness (QED) is 0.687. The van der Waals surface area contributed by atoms with Gasteiger partial charge in [-0.05, 0) is 31.0 Å². The van der Waals surface area contributed by atoms with Crippen molar-refractivity contribution in [1.82, 2.24) is 4.98 Å². The van der Waals surface area contributed by atoms with Gasteiger partial charge >= 0.3 is 0 Å². The molecule has 0 aromatic carbocycles. The molecule has 0 fully saturated rings. The summed E-state index contributed by atoms with van der Waals surface area (Å²) in [6, 6.07) is 1.74. The Hall–Kier alpha value is -0.940. The largest absolute Gasteiger partial charge is 0.255 e. The standard InChI is InChI=1S/C7H10N2O2S/c1-5-3-4-9-7(6(5)2)12(8,10)11/h3-4H,1-2H3,(H2,8,10,11). The molecule has 4 nitrogen and oxygen atoms in total. The van der Waals surface area contributed by atoms with E-state index in [1.165, 1.54) is 6.20 Å². The van der Waals surface area contributed by atoms with E-state index in [2.05, 4.69) is 4.98 Å². The molecule has 0 aliphatic rings. The van der Waals surface area contributed by atoms with E-state index < -0.39 is 10.0 Å². The van der Waals surface area contributed by atoms with Crippen LogP contribution in [0.5, 0.6) is 0 Å². The fraction of sp³-hybridized carbons (Fsp3) is 0.286. The number of sulfonamides is 1. The Morgan fingerprint density at radius 3 is 2.42 bits per heavy atom. The first-order valence-corrected chi connectivity index (χ1v) is 4.92. The van der Waals surface area contributed by atoms with E-state index in [-0.39, 0.29) is 5.03 Å². The highest BCUT2D eigenvalue weighted by Crippen LogP contribution is 2.12. The van der Waals surface area contributed by atoms with Gasteiger partial charge in [0, 0.05) is 6.20 Å². The topological polar surface area (TPSA) is 73.0 Å². The predicted octanol–water partition coefficient (Wildman–Crippen LogP) is 0.346. The maximum absolute atomic E-state index is 10.9. The molecule has 0 bridgehead atoms. The number of aromatic nitrogens is 1. The van der Waals surface area contributed by atoms with Crippen molar-refractivity contribution in [3.8, 4) is 0 Å². The number of nitrogens with two attached hydrogens (primary N) is 1. The summed E-state index contributed by atoms with van der Waals surface area (Å²) in [6.07, 6.45) is 1.43. The summed E-state index contributed by atoms with van der Waals surface area (Å²) in [5.41, 5.74) is 1.48. The molecule has 0 saturated carbocycles. The lowest BCUT2D eigenvalue weighted by atomic mass is 10.2. The van der Waals surface area contributed by atoms with Gasteiger partial charge in [0.2, 0.25) is 0 Å². The van der Waals surface area contributed by atoms with Crippen molar-refractivity contribution in [2.75, 3.05) is 0 Å². The molecule has 1 heterocycles. The van der Waals surface area contributed by atoms with Crippen molar-refractivity contribution in [3.05, 3.63) is 23.4 Å². The Balaban J connectivity index is 3.47. The highest BCUT2D eigenvalue weighted by Gasteiger charge is 2.13. The number of rotatable bonds is 1. The van der Waals surface area contributed by atoms with Gasteiger partial charge < -0.3 is 0 Å². The molecule has 0 amide bonds. The van der Waals surface area contributed by atoms with E-state index in [0.29, 0.717) is 5.56 Å². The third-order valence-electron chi connectivity index (χ3n) is 1.70. The molecule has 5 heteroatoms. The molecule has 0 aliphatic heterocycles. The number of aryl methyl sites for hydroxylation is 1. The van der Waals surface area contributed by atoms with Gasteiger partial charge in [-0.15, -0.1) is 0 Å². The van der Waals surface area contributed by atoms with Crippen molar-refractivity contribution in [1.29, 1.82) is 0 Å². The van der Waals surface area contributed by atoms with Crippen molar-refractivity contribution in [2.24, 2.45) is 5.14 Å². The monoisotopic (exact) mass is 186 g/mol. The molecule has 1 aromatic heterocycles. The molecule has 0 aliphatic carbocycles. The summed E-state index contributed by atoms with van der Waals surface area (Å²) in [6.45, 7) is 3.49. The average molecular weight is 186 g/mol. The molecule has 2 N–H and O–H groups in total. The first-order chi connectivity index (χ1) is 5.43. The molecular weight excluding hydrogens is 176 g/mol. The van der Waals surface area contributed by atoms with Crippen LogP contribution in [0.4, 0.5) is 0 Å². The van der Waals surface area contributed by atoms with E-state index in [0.717, 1.165) is 5.56 Å². The maximum Gasteiger partial charge on any atom is 0.255 e. The molecular formula is C7H10N2O2S. The van der Waals surface area contributed by atoms with Crippen LogP contribution in [0.3, 0.4) is 0 Å². The summed E-state index contributed by atoms with van der Waals surface area (Å²) < 4.78 is 21.8. The molecule has 1 aromatic rings. The second-order valence-corrected chi connectivity index (χ2v) is 4.08. The Labute approximate surface area is 71.5 Å². The summed E-state index contributed by atoms with van der Waals surface area (Å²) in [7, 11) is -3.67. The van der Waals surface area contributed by atoms with Crippen LogP contribution < -0.4 is 5.14 Å². The minimum absolute atomic E-state index is 0.0394. The Kier molecular flexibility index (Phi) is 2.16. The third-order valence-corrected chi connectivity index (χ3v) is 2.65. The molecule has 0 radical (unpaired) electrons. The average Bonchev–Trinajstić information content (AvgIpc) is 1.92. The number of pyridine rings is 1. The van der Waals surface area contributed by atoms with Gasteiger partial charge in [0.1, 0.15) is 0 Å². The SMILES string of the molecule is Cc1ccnc(S(N)(=O)=O)c1C. The van der Waals surface area contributed by atoms with Gasteiger partial charge in [0.25, 0.3) is 10.0 Å². The van der Waals surface area contributed by atoms with Gasteiger partial charge in [-0.3, -0.25) is 0 Å². The van der Waals surface area contributed by atoms with Gasteiger partial charge in [-0.25, -0.2) is 18.5 Å². The molecule has 12 heavy (non-hydrogen) atoms. The zero-order chi connectivity index (χ0) is 9.35. The second-order valence-electron chi connectivity index (χ2n) is 2.60. The molecule has 66 valence electrons. The predicted molar refractivity (Wildman–Crippen MR) is 45.1 cm³/mol. The smallest absolute Gasteiger partial charge is 0.243 e. The van der Waals surface area contributed by atoms with Crippen LogP contribution in [-0.4, -0.2) is 13.4 Å². The Bertz CT molecular complexity index is 398. The summed E-state index contributed by atoms with van der Waals surface area (Å²) >= 11 is 0. The van der Waals surface area contributed by atoms with Crippen LogP contribution in [0.25, 0.3) is 0 Å². The normalized spacial score (nSPS) is 11.6. The fourth-order valence-corrected chi connectivity index (χ4v) is 1.69. The molecule has 0 atom stereocenters. The van der Waals surface area contributed by atoms with Gasteiger partial charge in [-0.2, -0.15) is 0 Å². The highest BCUT2D eigenvalue weighted by molar-refractivity contribution is 7.89. The van der Waals surface area contributed by atoms with E-state index in [4.69, 9.17) is 5.14 Å². The lowest BCUT2D eigenvalue weighted by Gasteiger charge is -2.03. The number of hydrogen-bond acceptors (Lipinski definition) is 3. The van der Waals surface area contributed by atoms with Crippen LogP contribution >= 0.6 is 0 Å². The third kappa shape index (κ3) is 1.62. The first kappa shape index (κ1) is 9.15. The highest BCUT2D eigenvalue weighted by atomic mass is 32.2. The fourth-order valence-electron chi connectivity index (χ4n) is 0.894. The molecule has 1 rings (SSSR count). The van der Waals surface area contributed by atoms with Crippen LogP contribution in [0.15, 0.2) is 17.3 Å². The van der Waals surface area contributed by atoms with Crippen molar-refractivity contribution >= 4 is 10.0 Å². The Morgan fingerprint density at radius 2 is 2.00 bits per heavy atom. The summed E-state index contributed by atoms with van der Waals surface area (Å²) in [4.78, 5) is 3.70. The van der Waals surface area contributed by atoms with E-state index >= 15 is 0 Å². The minimum Gasteiger partial charge on any atom is -0.243 e. The number of hydrogen-bond donors (Lipinski definition) is 1. The van der Waals surface area contributed by atoms with Gasteiger partial charge in [0.15, 0.2) is 5.03 Å². The van der Waals surface area contributed by atoms with Crippen molar-refractivity contribution in [2.45, 2.75) is 18.9 Å². The van der Waals surface area contributed by atoms with E-state index in [1.54, 1.807) is 13.0 Å². The second kappa shape index (κ2) is 2.84. The molecule has 0 unspecified atom stereocenters. The molecule has 0 spiro atoms. The van der Waals surface area contributed by atoms with Crippen molar-refractivity contribution < 1.29 is 8.42 Å². The van der Waals surface area contributed by atoms with Crippen LogP contribution in [0, 0.1) is 13.8 Å². The minimum atomic E-state index is -3.67. The maximum atomic E-state index is 10.9. The lowest BCUT2D eigenvalue weighted by molar-refractivity contribution is 0.593. The lowest BCUT2D eigenvalue weighted by Crippen LogP contribution is -2.15. The van der Waals surface area contributed by atoms with Crippen molar-refractivity contribution in [3.63, 3.8) is 0 Å². The Morgan fingerprint density at radius 1 is 1.42 bits per heavy atom. The molecule has 0 saturated heterocycles. The van der Waals surface area contributed by atoms with Crippen LogP contribution in [0.2, 0.25) is 0 Å².